The van der Waals surface area contributed by atoms with E-state index < -0.39 is 0 Å². The Morgan fingerprint density at radius 1 is 1.20 bits per heavy atom. The number of hydrogen-bond acceptors (Lipinski definition) is 1. The Bertz CT molecular complexity index is 426. The molecule has 0 atom stereocenters. The molecule has 0 unspecified atom stereocenters. The Morgan fingerprint density at radius 2 is 1.80 bits per heavy atom. The van der Waals surface area contributed by atoms with E-state index >= 15 is 0 Å². The van der Waals surface area contributed by atoms with Crippen molar-refractivity contribution in [3.63, 3.8) is 0 Å². The SMILES string of the molecule is CC(=O)c1cc(C)ccc1[N+](C)=C(C)C. The van der Waals surface area contributed by atoms with E-state index in [1.807, 2.05) is 50.6 Å². The van der Waals surface area contributed by atoms with Gasteiger partial charge in [-0.2, -0.15) is 0 Å². The topological polar surface area (TPSA) is 20.1 Å². The number of benzene rings is 1. The van der Waals surface area contributed by atoms with Crippen LogP contribution in [0.25, 0.3) is 0 Å². The second-order valence-electron chi connectivity index (χ2n) is 4.08. The van der Waals surface area contributed by atoms with Gasteiger partial charge in [0.05, 0.1) is 5.56 Å². The van der Waals surface area contributed by atoms with Gasteiger partial charge in [-0.05, 0) is 25.5 Å². The minimum atomic E-state index is 0.113. The van der Waals surface area contributed by atoms with Crippen LogP contribution in [0.15, 0.2) is 18.2 Å². The summed E-state index contributed by atoms with van der Waals surface area (Å²) in [5, 5.41) is 0. The van der Waals surface area contributed by atoms with Crippen LogP contribution in [0.4, 0.5) is 5.69 Å². The highest BCUT2D eigenvalue weighted by atomic mass is 16.1. The fourth-order valence-corrected chi connectivity index (χ4v) is 1.47. The van der Waals surface area contributed by atoms with Crippen molar-refractivity contribution in [3.8, 4) is 0 Å². The lowest BCUT2D eigenvalue weighted by Gasteiger charge is -2.04. The van der Waals surface area contributed by atoms with Crippen LogP contribution in [0, 0.1) is 6.92 Å². The Labute approximate surface area is 91.3 Å². The summed E-state index contributed by atoms with van der Waals surface area (Å²) < 4.78 is 2.04. The van der Waals surface area contributed by atoms with Crippen LogP contribution >= 0.6 is 0 Å². The molecular weight excluding hydrogens is 186 g/mol. The number of hydrogen-bond donors (Lipinski definition) is 0. The quantitative estimate of drug-likeness (QED) is 0.412. The predicted octanol–water partition coefficient (Wildman–Crippen LogP) is 2.95. The second kappa shape index (κ2) is 4.39. The number of aryl methyl sites for hydroxylation is 1. The number of ketones is 1. The summed E-state index contributed by atoms with van der Waals surface area (Å²) in [6.07, 6.45) is 0. The van der Waals surface area contributed by atoms with E-state index in [1.54, 1.807) is 6.92 Å². The first-order valence-electron chi connectivity index (χ1n) is 5.09. The molecule has 0 saturated carbocycles. The molecular formula is C13H18NO+. The number of carbonyl (C=O) groups excluding carboxylic acids is 1. The van der Waals surface area contributed by atoms with Crippen molar-refractivity contribution in [2.45, 2.75) is 27.7 Å². The molecule has 2 nitrogen and oxygen atoms in total. The van der Waals surface area contributed by atoms with Crippen molar-refractivity contribution in [1.82, 2.24) is 0 Å². The van der Waals surface area contributed by atoms with Crippen molar-refractivity contribution >= 4 is 17.2 Å². The minimum Gasteiger partial charge on any atom is -0.294 e. The van der Waals surface area contributed by atoms with Gasteiger partial charge in [-0.3, -0.25) is 4.79 Å². The zero-order chi connectivity index (χ0) is 11.6. The van der Waals surface area contributed by atoms with Crippen molar-refractivity contribution in [1.29, 1.82) is 0 Å². The van der Waals surface area contributed by atoms with Crippen LogP contribution in [-0.2, 0) is 0 Å². The molecule has 0 aliphatic rings. The van der Waals surface area contributed by atoms with Crippen LogP contribution in [0.1, 0.15) is 36.7 Å². The van der Waals surface area contributed by atoms with E-state index in [-0.39, 0.29) is 5.78 Å². The first-order valence-corrected chi connectivity index (χ1v) is 5.09. The van der Waals surface area contributed by atoms with Gasteiger partial charge >= 0.3 is 0 Å². The van der Waals surface area contributed by atoms with E-state index in [9.17, 15) is 4.79 Å². The highest BCUT2D eigenvalue weighted by molar-refractivity contribution is 5.98. The highest BCUT2D eigenvalue weighted by Gasteiger charge is 2.15. The van der Waals surface area contributed by atoms with E-state index in [2.05, 4.69) is 0 Å². The van der Waals surface area contributed by atoms with E-state index in [4.69, 9.17) is 0 Å². The molecule has 1 rings (SSSR count). The number of rotatable bonds is 2. The van der Waals surface area contributed by atoms with Gasteiger partial charge in [0.15, 0.2) is 11.5 Å². The lowest BCUT2D eigenvalue weighted by molar-refractivity contribution is -0.406. The zero-order valence-corrected chi connectivity index (χ0v) is 10.1. The molecule has 0 spiro atoms. The summed E-state index contributed by atoms with van der Waals surface area (Å²) in [6.45, 7) is 7.67. The summed E-state index contributed by atoms with van der Waals surface area (Å²) in [6, 6.07) is 5.97. The van der Waals surface area contributed by atoms with Crippen LogP contribution in [0.2, 0.25) is 0 Å². The molecule has 1 aromatic carbocycles. The molecule has 80 valence electrons. The first kappa shape index (κ1) is 11.6. The molecule has 0 saturated heterocycles. The third-order valence-corrected chi connectivity index (χ3v) is 2.56. The normalized spacial score (nSPS) is 9.93. The van der Waals surface area contributed by atoms with Gasteiger partial charge in [0.1, 0.15) is 7.05 Å². The van der Waals surface area contributed by atoms with Crippen molar-refractivity contribution in [2.75, 3.05) is 7.05 Å². The van der Waals surface area contributed by atoms with E-state index in [1.165, 1.54) is 5.71 Å². The van der Waals surface area contributed by atoms with Crippen molar-refractivity contribution in [2.24, 2.45) is 0 Å². The lowest BCUT2D eigenvalue weighted by atomic mass is 10.1. The molecule has 0 bridgehead atoms. The summed E-state index contributed by atoms with van der Waals surface area (Å²) in [5.74, 6) is 0.113. The Morgan fingerprint density at radius 3 is 2.27 bits per heavy atom. The predicted molar refractivity (Wildman–Crippen MR) is 63.4 cm³/mol. The van der Waals surface area contributed by atoms with Gasteiger partial charge in [-0.1, -0.05) is 6.07 Å². The molecule has 0 aliphatic heterocycles. The Balaban J connectivity index is 3.43. The zero-order valence-electron chi connectivity index (χ0n) is 10.1. The molecule has 0 radical (unpaired) electrons. The maximum absolute atomic E-state index is 11.5. The van der Waals surface area contributed by atoms with Gasteiger partial charge in [-0.15, -0.1) is 0 Å². The summed E-state index contributed by atoms with van der Waals surface area (Å²) >= 11 is 0. The second-order valence-corrected chi connectivity index (χ2v) is 4.08. The molecule has 1 aromatic rings. The number of Topliss-reactive ketones (excluding diaryl/α,β-unsaturated/α-hetero) is 1. The van der Waals surface area contributed by atoms with Crippen LogP contribution < -0.4 is 0 Å². The third-order valence-electron chi connectivity index (χ3n) is 2.56. The average molecular weight is 204 g/mol. The third kappa shape index (κ3) is 2.52. The van der Waals surface area contributed by atoms with Crippen molar-refractivity contribution in [3.05, 3.63) is 29.3 Å². The van der Waals surface area contributed by atoms with Gasteiger partial charge < -0.3 is 0 Å². The Hall–Kier alpha value is -1.44. The highest BCUT2D eigenvalue weighted by Crippen LogP contribution is 2.20. The molecule has 0 aromatic heterocycles. The number of nitrogens with zero attached hydrogens (tertiary/aromatic N) is 1. The van der Waals surface area contributed by atoms with Gasteiger partial charge in [0.2, 0.25) is 5.69 Å². The molecule has 15 heavy (non-hydrogen) atoms. The molecule has 0 fully saturated rings. The van der Waals surface area contributed by atoms with E-state index in [0.717, 1.165) is 16.8 Å². The summed E-state index contributed by atoms with van der Waals surface area (Å²) in [5.41, 5.74) is 4.05. The first-order chi connectivity index (χ1) is 6.93. The van der Waals surface area contributed by atoms with Crippen LogP contribution in [0.5, 0.6) is 0 Å². The fraction of sp³-hybridized carbons (Fsp3) is 0.385. The summed E-state index contributed by atoms with van der Waals surface area (Å²) in [7, 11) is 1.98. The molecule has 0 aliphatic carbocycles. The van der Waals surface area contributed by atoms with Crippen molar-refractivity contribution < 1.29 is 9.37 Å². The molecule has 2 heteroatoms. The lowest BCUT2D eigenvalue weighted by Crippen LogP contribution is -2.09. The maximum Gasteiger partial charge on any atom is 0.215 e. The number of carbonyl (C=O) groups is 1. The monoisotopic (exact) mass is 204 g/mol. The fourth-order valence-electron chi connectivity index (χ4n) is 1.47. The molecule has 0 N–H and O–H groups in total. The van der Waals surface area contributed by atoms with Crippen LogP contribution in [0.3, 0.4) is 0 Å². The standard InChI is InChI=1S/C13H18NO/c1-9(2)14(5)13-7-6-10(3)8-12(13)11(4)15/h6-8H,1-5H3/q+1. The average Bonchev–Trinajstić information content (AvgIpc) is 2.16. The largest absolute Gasteiger partial charge is 0.294 e. The van der Waals surface area contributed by atoms with Crippen LogP contribution in [-0.4, -0.2) is 23.1 Å². The van der Waals surface area contributed by atoms with E-state index in [0.29, 0.717) is 0 Å². The Kier molecular flexibility index (Phi) is 3.40. The van der Waals surface area contributed by atoms with Gasteiger partial charge in [0.25, 0.3) is 0 Å². The maximum atomic E-state index is 11.5. The van der Waals surface area contributed by atoms with Gasteiger partial charge in [-0.25, -0.2) is 4.58 Å². The molecule has 0 heterocycles. The van der Waals surface area contributed by atoms with Gasteiger partial charge in [0, 0.05) is 19.9 Å². The summed E-state index contributed by atoms with van der Waals surface area (Å²) in [4.78, 5) is 11.5. The smallest absolute Gasteiger partial charge is 0.215 e. The minimum absolute atomic E-state index is 0.113. The molecule has 0 amide bonds.